The maximum absolute atomic E-state index is 5.66. The maximum Gasteiger partial charge on any atom is 0.180 e. The van der Waals surface area contributed by atoms with E-state index >= 15 is 0 Å². The average Bonchev–Trinajstić information content (AvgIpc) is 3.31. The van der Waals surface area contributed by atoms with Crippen molar-refractivity contribution in [2.75, 3.05) is 11.1 Å². The highest BCUT2D eigenvalue weighted by Crippen LogP contribution is 2.26. The van der Waals surface area contributed by atoms with Crippen molar-refractivity contribution in [3.05, 3.63) is 67.4 Å². The molecule has 4 N–H and O–H groups in total. The Morgan fingerprint density at radius 2 is 2.04 bits per heavy atom. The van der Waals surface area contributed by atoms with E-state index in [0.717, 1.165) is 28.1 Å². The minimum Gasteiger partial charge on any atom is -0.384 e. The van der Waals surface area contributed by atoms with Crippen molar-refractivity contribution >= 4 is 33.9 Å². The van der Waals surface area contributed by atoms with Crippen molar-refractivity contribution in [2.45, 2.75) is 0 Å². The van der Waals surface area contributed by atoms with Crippen LogP contribution < -0.4 is 11.1 Å². The summed E-state index contributed by atoms with van der Waals surface area (Å²) in [4.78, 5) is 16.5. The lowest BCUT2D eigenvalue weighted by molar-refractivity contribution is 1.13. The maximum atomic E-state index is 5.66. The van der Waals surface area contributed by atoms with Gasteiger partial charge in [0.1, 0.15) is 5.82 Å². The normalized spacial score (nSPS) is 11.2. The van der Waals surface area contributed by atoms with E-state index in [4.69, 9.17) is 10.7 Å². The fourth-order valence-electron chi connectivity index (χ4n) is 2.98. The van der Waals surface area contributed by atoms with Gasteiger partial charge in [-0.1, -0.05) is 12.1 Å². The smallest absolute Gasteiger partial charge is 0.180 e. The first-order valence-corrected chi connectivity index (χ1v) is 8.16. The van der Waals surface area contributed by atoms with Crippen LogP contribution in [0.25, 0.3) is 27.8 Å². The molecular formula is C19H15N7. The van der Waals surface area contributed by atoms with Crippen LogP contribution in [0.4, 0.5) is 17.3 Å². The third-order valence-corrected chi connectivity index (χ3v) is 4.27. The molecule has 7 nitrogen and oxygen atoms in total. The van der Waals surface area contributed by atoms with Crippen molar-refractivity contribution < 1.29 is 0 Å². The Bertz CT molecular complexity index is 1220. The van der Waals surface area contributed by atoms with Crippen molar-refractivity contribution in [2.24, 2.45) is 0 Å². The molecule has 4 heterocycles. The number of nitrogens with zero attached hydrogens (tertiary/aromatic N) is 4. The van der Waals surface area contributed by atoms with Gasteiger partial charge in [0.15, 0.2) is 11.5 Å². The van der Waals surface area contributed by atoms with Gasteiger partial charge in [0.25, 0.3) is 0 Å². The third-order valence-electron chi connectivity index (χ3n) is 4.27. The number of nitrogen functional groups attached to an aromatic ring is 1. The fraction of sp³-hybridized carbons (Fsp3) is 0. The Labute approximate surface area is 148 Å². The summed E-state index contributed by atoms with van der Waals surface area (Å²) in [6.45, 7) is 0. The molecule has 5 aromatic rings. The Balaban J connectivity index is 1.63. The molecule has 5 rings (SSSR count). The van der Waals surface area contributed by atoms with E-state index in [-0.39, 0.29) is 0 Å². The average molecular weight is 341 g/mol. The first kappa shape index (κ1) is 14.5. The Hall–Kier alpha value is -3.87. The third kappa shape index (κ3) is 2.42. The van der Waals surface area contributed by atoms with E-state index in [2.05, 4.69) is 38.5 Å². The lowest BCUT2D eigenvalue weighted by atomic mass is 10.1. The molecule has 0 saturated heterocycles. The predicted octanol–water partition coefficient (Wildman–Crippen LogP) is 3.60. The highest BCUT2D eigenvalue weighted by atomic mass is 15.1. The number of benzene rings is 1. The number of pyridine rings is 1. The van der Waals surface area contributed by atoms with E-state index < -0.39 is 0 Å². The molecular weight excluding hydrogens is 326 g/mol. The molecule has 1 aromatic carbocycles. The molecule has 126 valence electrons. The van der Waals surface area contributed by atoms with Crippen LogP contribution in [0.3, 0.4) is 0 Å². The van der Waals surface area contributed by atoms with Gasteiger partial charge in [0, 0.05) is 35.9 Å². The summed E-state index contributed by atoms with van der Waals surface area (Å²) in [6.07, 6.45) is 9.23. The lowest BCUT2D eigenvalue weighted by Crippen LogP contribution is -2.01. The second kappa shape index (κ2) is 5.59. The molecule has 0 spiro atoms. The van der Waals surface area contributed by atoms with Crippen LogP contribution >= 0.6 is 0 Å². The van der Waals surface area contributed by atoms with Gasteiger partial charge >= 0.3 is 0 Å². The highest BCUT2D eigenvalue weighted by molar-refractivity contribution is 5.84. The summed E-state index contributed by atoms with van der Waals surface area (Å²) in [6, 6.07) is 11.9. The van der Waals surface area contributed by atoms with Crippen LogP contribution in [0.1, 0.15) is 0 Å². The Morgan fingerprint density at radius 3 is 2.92 bits per heavy atom. The monoisotopic (exact) mass is 341 g/mol. The van der Waals surface area contributed by atoms with Gasteiger partial charge in [-0.25, -0.2) is 15.0 Å². The number of nitrogens with two attached hydrogens (primary N) is 1. The Kier molecular flexibility index (Phi) is 3.11. The summed E-state index contributed by atoms with van der Waals surface area (Å²) in [5, 5.41) is 4.45. The van der Waals surface area contributed by atoms with Gasteiger partial charge in [0.05, 0.1) is 17.6 Å². The van der Waals surface area contributed by atoms with E-state index in [0.29, 0.717) is 11.6 Å². The molecule has 0 aliphatic rings. The zero-order valence-electron chi connectivity index (χ0n) is 13.7. The topological polar surface area (TPSA) is 96.9 Å². The molecule has 0 aliphatic carbocycles. The van der Waals surface area contributed by atoms with Crippen LogP contribution in [0, 0.1) is 0 Å². The van der Waals surface area contributed by atoms with E-state index in [1.165, 1.54) is 5.39 Å². The molecule has 26 heavy (non-hydrogen) atoms. The van der Waals surface area contributed by atoms with Crippen molar-refractivity contribution in [1.82, 2.24) is 24.3 Å². The first-order valence-electron chi connectivity index (χ1n) is 8.16. The number of rotatable bonds is 3. The number of anilines is 3. The molecule has 0 saturated carbocycles. The summed E-state index contributed by atoms with van der Waals surface area (Å²) in [5.41, 5.74) is 10.1. The zero-order valence-corrected chi connectivity index (χ0v) is 13.7. The molecule has 0 atom stereocenters. The molecule has 0 amide bonds. The summed E-state index contributed by atoms with van der Waals surface area (Å²) < 4.78 is 1.95. The Morgan fingerprint density at radius 1 is 1.08 bits per heavy atom. The standard InChI is InChI=1S/C19H15N7/c20-17-4-3-14(10-23-17)24-18-19-22-7-8-26(19)11-16(25-18)13-2-1-12-5-6-21-15(12)9-13/h1-11,21H,(H2,20,23)(H,24,25). The van der Waals surface area contributed by atoms with Gasteiger partial charge in [-0.05, 0) is 29.7 Å². The predicted molar refractivity (Wildman–Crippen MR) is 102 cm³/mol. The van der Waals surface area contributed by atoms with Crippen molar-refractivity contribution in [3.8, 4) is 11.3 Å². The van der Waals surface area contributed by atoms with Crippen LogP contribution in [-0.4, -0.2) is 24.3 Å². The molecule has 7 heteroatoms. The molecule has 0 unspecified atom stereocenters. The molecule has 4 aromatic heterocycles. The minimum atomic E-state index is 0.475. The number of H-pyrrole nitrogens is 1. The molecule has 0 fully saturated rings. The van der Waals surface area contributed by atoms with E-state index in [1.54, 1.807) is 18.5 Å². The van der Waals surface area contributed by atoms with Gasteiger partial charge in [-0.15, -0.1) is 0 Å². The second-order valence-corrected chi connectivity index (χ2v) is 6.01. The molecule has 0 aliphatic heterocycles. The van der Waals surface area contributed by atoms with Crippen LogP contribution in [-0.2, 0) is 0 Å². The number of imidazole rings is 1. The lowest BCUT2D eigenvalue weighted by Gasteiger charge is -2.10. The SMILES string of the molecule is Nc1ccc(Nc2nc(-c3ccc4cc[nH]c4c3)cn3ccnc23)cn1. The zero-order chi connectivity index (χ0) is 17.5. The van der Waals surface area contributed by atoms with Crippen molar-refractivity contribution in [3.63, 3.8) is 0 Å². The van der Waals surface area contributed by atoms with E-state index in [9.17, 15) is 0 Å². The quantitative estimate of drug-likeness (QED) is 0.466. The number of hydrogen-bond acceptors (Lipinski definition) is 5. The fourth-order valence-corrected chi connectivity index (χ4v) is 2.98. The minimum absolute atomic E-state index is 0.475. The van der Waals surface area contributed by atoms with Crippen LogP contribution in [0.2, 0.25) is 0 Å². The van der Waals surface area contributed by atoms with Gasteiger partial charge in [0.2, 0.25) is 0 Å². The van der Waals surface area contributed by atoms with Gasteiger partial charge < -0.3 is 20.4 Å². The molecule has 0 radical (unpaired) electrons. The highest BCUT2D eigenvalue weighted by Gasteiger charge is 2.10. The number of hydrogen-bond donors (Lipinski definition) is 3. The van der Waals surface area contributed by atoms with Gasteiger partial charge in [-0.3, -0.25) is 0 Å². The largest absolute Gasteiger partial charge is 0.384 e. The summed E-state index contributed by atoms with van der Waals surface area (Å²) in [5.74, 6) is 1.13. The number of fused-ring (bicyclic) bond motifs is 2. The first-order chi connectivity index (χ1) is 12.8. The molecule has 0 bridgehead atoms. The van der Waals surface area contributed by atoms with Crippen molar-refractivity contribution in [1.29, 1.82) is 0 Å². The summed E-state index contributed by atoms with van der Waals surface area (Å²) >= 11 is 0. The number of aromatic nitrogens is 5. The number of nitrogens with one attached hydrogen (secondary N) is 2. The van der Waals surface area contributed by atoms with E-state index in [1.807, 2.05) is 35.1 Å². The van der Waals surface area contributed by atoms with Crippen LogP contribution in [0.5, 0.6) is 0 Å². The number of aromatic amines is 1. The van der Waals surface area contributed by atoms with Gasteiger partial charge in [-0.2, -0.15) is 0 Å². The second-order valence-electron chi connectivity index (χ2n) is 6.01. The van der Waals surface area contributed by atoms with Crippen LogP contribution in [0.15, 0.2) is 67.4 Å². The summed E-state index contributed by atoms with van der Waals surface area (Å²) in [7, 11) is 0.